The molecule has 0 amide bonds. The molecule has 1 aromatic heterocycles. The summed E-state index contributed by atoms with van der Waals surface area (Å²) < 4.78 is 10.4. The van der Waals surface area contributed by atoms with Crippen LogP contribution in [-0.2, 0) is 4.74 Å². The molecule has 21 heavy (non-hydrogen) atoms. The molecule has 1 aromatic rings. The van der Waals surface area contributed by atoms with Gasteiger partial charge in [-0.05, 0) is 45.7 Å². The molecule has 0 bridgehead atoms. The maximum atomic E-state index is 11.6. The van der Waals surface area contributed by atoms with E-state index < -0.39 is 5.97 Å². The number of furan rings is 1. The molecule has 5 nitrogen and oxygen atoms in total. The molecule has 0 saturated heterocycles. The van der Waals surface area contributed by atoms with Crippen molar-refractivity contribution in [2.24, 2.45) is 5.92 Å². The van der Waals surface area contributed by atoms with Crippen molar-refractivity contribution in [2.75, 3.05) is 20.7 Å². The Labute approximate surface area is 125 Å². The van der Waals surface area contributed by atoms with Crippen molar-refractivity contribution in [3.05, 3.63) is 23.2 Å². The molecule has 118 valence electrons. The fourth-order valence-corrected chi connectivity index (χ4v) is 2.98. The first kappa shape index (κ1) is 16.0. The van der Waals surface area contributed by atoms with E-state index in [4.69, 9.17) is 9.15 Å². The summed E-state index contributed by atoms with van der Waals surface area (Å²) in [5, 5.41) is 9.93. The smallest absolute Gasteiger partial charge is 0.374 e. The summed E-state index contributed by atoms with van der Waals surface area (Å²) in [5.41, 5.74) is 0.790. The van der Waals surface area contributed by atoms with Crippen LogP contribution in [-0.4, -0.2) is 42.8 Å². The number of nitrogens with zero attached hydrogens (tertiary/aromatic N) is 1. The fourth-order valence-electron chi connectivity index (χ4n) is 2.98. The van der Waals surface area contributed by atoms with Gasteiger partial charge in [-0.3, -0.25) is 4.90 Å². The molecular weight excluding hydrogens is 270 g/mol. The molecule has 1 aliphatic rings. The summed E-state index contributed by atoms with van der Waals surface area (Å²) in [6.07, 6.45) is 2.88. The zero-order valence-electron chi connectivity index (χ0n) is 13.3. The Morgan fingerprint density at radius 3 is 2.86 bits per heavy atom. The molecular formula is C16H25NO4. The highest BCUT2D eigenvalue weighted by Gasteiger charge is 2.29. The van der Waals surface area contributed by atoms with Crippen LogP contribution in [0.5, 0.6) is 0 Å². The molecule has 1 heterocycles. The minimum Gasteiger partial charge on any atom is -0.463 e. The number of aliphatic hydroxyl groups excluding tert-OH is 1. The Kier molecular flexibility index (Phi) is 5.06. The van der Waals surface area contributed by atoms with Crippen LogP contribution in [0.4, 0.5) is 0 Å². The third kappa shape index (κ3) is 3.47. The highest BCUT2D eigenvalue weighted by Crippen LogP contribution is 2.30. The van der Waals surface area contributed by atoms with Gasteiger partial charge in [0.1, 0.15) is 5.76 Å². The molecule has 0 radical (unpaired) electrons. The summed E-state index contributed by atoms with van der Waals surface area (Å²) in [7, 11) is 3.37. The molecule has 1 fully saturated rings. The van der Waals surface area contributed by atoms with E-state index in [0.29, 0.717) is 5.92 Å². The molecule has 1 saturated carbocycles. The summed E-state index contributed by atoms with van der Waals surface area (Å²) in [4.78, 5) is 13.8. The van der Waals surface area contributed by atoms with Crippen LogP contribution in [0.3, 0.4) is 0 Å². The highest BCUT2D eigenvalue weighted by molar-refractivity contribution is 5.87. The lowest BCUT2D eigenvalue weighted by Gasteiger charge is -2.27. The number of aryl methyl sites for hydroxylation is 1. The maximum Gasteiger partial charge on any atom is 0.374 e. The van der Waals surface area contributed by atoms with E-state index in [2.05, 4.69) is 4.90 Å². The Bertz CT molecular complexity index is 496. The number of carbonyl (C=O) groups is 1. The van der Waals surface area contributed by atoms with Gasteiger partial charge in [0.05, 0.1) is 19.3 Å². The summed E-state index contributed by atoms with van der Waals surface area (Å²) in [6, 6.07) is 1.94. The standard InChI is InChI=1S/C16H25NO4/c1-10-8-14(21-15(10)16(19)20-4)11(2)17(3)9-12-6-5-7-13(12)18/h8,11-13,18H,5-7,9H2,1-4H3/t11-,12-,13-/m0/s1. The van der Waals surface area contributed by atoms with Gasteiger partial charge in [-0.2, -0.15) is 0 Å². The molecule has 2 rings (SSSR count). The summed E-state index contributed by atoms with van der Waals surface area (Å²) >= 11 is 0. The lowest BCUT2D eigenvalue weighted by molar-refractivity contribution is 0.0556. The van der Waals surface area contributed by atoms with Crippen molar-refractivity contribution in [1.82, 2.24) is 4.90 Å². The SMILES string of the molecule is COC(=O)c1oc([C@H](C)N(C)C[C@@H]2CCC[C@@H]2O)cc1C. The number of ether oxygens (including phenoxy) is 1. The summed E-state index contributed by atoms with van der Waals surface area (Å²) in [5.74, 6) is 0.907. The molecule has 0 unspecified atom stereocenters. The number of carbonyl (C=O) groups excluding carboxylic acids is 1. The van der Waals surface area contributed by atoms with E-state index in [-0.39, 0.29) is 17.9 Å². The van der Waals surface area contributed by atoms with Crippen molar-refractivity contribution in [3.8, 4) is 0 Å². The van der Waals surface area contributed by atoms with Crippen LogP contribution in [0.2, 0.25) is 0 Å². The Balaban J connectivity index is 2.05. The second-order valence-corrected chi connectivity index (χ2v) is 6.03. The average Bonchev–Trinajstić information content (AvgIpc) is 3.04. The normalized spacial score (nSPS) is 23.5. The Morgan fingerprint density at radius 2 is 2.29 bits per heavy atom. The first-order valence-corrected chi connectivity index (χ1v) is 7.51. The number of aliphatic hydroxyl groups is 1. The van der Waals surface area contributed by atoms with Crippen LogP contribution in [0.1, 0.15) is 54.1 Å². The van der Waals surface area contributed by atoms with Gasteiger partial charge in [0.25, 0.3) is 0 Å². The number of esters is 1. The van der Waals surface area contributed by atoms with E-state index in [1.54, 1.807) is 0 Å². The van der Waals surface area contributed by atoms with Crippen LogP contribution in [0, 0.1) is 12.8 Å². The quantitative estimate of drug-likeness (QED) is 0.846. The zero-order valence-corrected chi connectivity index (χ0v) is 13.3. The van der Waals surface area contributed by atoms with Crippen LogP contribution in [0.25, 0.3) is 0 Å². The van der Waals surface area contributed by atoms with E-state index in [1.807, 2.05) is 27.0 Å². The molecule has 0 aliphatic heterocycles. The lowest BCUT2D eigenvalue weighted by atomic mass is 10.0. The van der Waals surface area contributed by atoms with Crippen molar-refractivity contribution in [2.45, 2.75) is 45.3 Å². The Hall–Kier alpha value is -1.33. The van der Waals surface area contributed by atoms with Crippen LogP contribution < -0.4 is 0 Å². The topological polar surface area (TPSA) is 62.9 Å². The minimum absolute atomic E-state index is 0.0508. The van der Waals surface area contributed by atoms with E-state index in [1.165, 1.54) is 7.11 Å². The van der Waals surface area contributed by atoms with Crippen LogP contribution >= 0.6 is 0 Å². The highest BCUT2D eigenvalue weighted by atomic mass is 16.5. The van der Waals surface area contributed by atoms with Gasteiger partial charge < -0.3 is 14.3 Å². The maximum absolute atomic E-state index is 11.6. The molecule has 1 N–H and O–H groups in total. The molecule has 3 atom stereocenters. The number of hydrogen-bond donors (Lipinski definition) is 1. The van der Waals surface area contributed by atoms with Gasteiger partial charge in [0, 0.05) is 12.1 Å². The van der Waals surface area contributed by atoms with Gasteiger partial charge in [0.2, 0.25) is 5.76 Å². The molecule has 1 aliphatic carbocycles. The van der Waals surface area contributed by atoms with Crippen molar-refractivity contribution in [1.29, 1.82) is 0 Å². The van der Waals surface area contributed by atoms with Crippen molar-refractivity contribution in [3.63, 3.8) is 0 Å². The number of hydrogen-bond acceptors (Lipinski definition) is 5. The third-order valence-corrected chi connectivity index (χ3v) is 4.52. The van der Waals surface area contributed by atoms with Crippen LogP contribution in [0.15, 0.2) is 10.5 Å². The van der Waals surface area contributed by atoms with Crippen molar-refractivity contribution >= 4 is 5.97 Å². The monoisotopic (exact) mass is 295 g/mol. The van der Waals surface area contributed by atoms with Gasteiger partial charge >= 0.3 is 5.97 Å². The second-order valence-electron chi connectivity index (χ2n) is 6.03. The molecule has 5 heteroatoms. The molecule has 0 aromatic carbocycles. The predicted octanol–water partition coefficient (Wildman–Crippen LogP) is 2.53. The Morgan fingerprint density at radius 1 is 1.57 bits per heavy atom. The molecule has 0 spiro atoms. The van der Waals surface area contributed by atoms with Gasteiger partial charge in [0.15, 0.2) is 0 Å². The average molecular weight is 295 g/mol. The van der Waals surface area contributed by atoms with Gasteiger partial charge in [-0.1, -0.05) is 6.42 Å². The van der Waals surface area contributed by atoms with E-state index in [0.717, 1.165) is 37.1 Å². The van der Waals surface area contributed by atoms with E-state index in [9.17, 15) is 9.90 Å². The predicted molar refractivity (Wildman–Crippen MR) is 79.2 cm³/mol. The van der Waals surface area contributed by atoms with E-state index >= 15 is 0 Å². The third-order valence-electron chi connectivity index (χ3n) is 4.52. The first-order chi connectivity index (χ1) is 9.93. The largest absolute Gasteiger partial charge is 0.463 e. The second kappa shape index (κ2) is 6.62. The number of methoxy groups -OCH3 is 1. The minimum atomic E-state index is -0.445. The zero-order chi connectivity index (χ0) is 15.6. The summed E-state index contributed by atoms with van der Waals surface area (Å²) in [6.45, 7) is 4.71. The van der Waals surface area contributed by atoms with Gasteiger partial charge in [-0.15, -0.1) is 0 Å². The first-order valence-electron chi connectivity index (χ1n) is 7.51. The number of rotatable bonds is 5. The lowest BCUT2D eigenvalue weighted by Crippen LogP contribution is -2.31. The van der Waals surface area contributed by atoms with Gasteiger partial charge in [-0.25, -0.2) is 4.79 Å². The fraction of sp³-hybridized carbons (Fsp3) is 0.688. The van der Waals surface area contributed by atoms with Crippen molar-refractivity contribution < 1.29 is 19.1 Å².